The van der Waals surface area contributed by atoms with Crippen LogP contribution in [0.1, 0.15) is 47.2 Å². The first-order valence-corrected chi connectivity index (χ1v) is 15.0. The molecule has 3 aliphatic rings. The highest BCUT2D eigenvalue weighted by molar-refractivity contribution is 6.34. The number of aryl methyl sites for hydroxylation is 2. The van der Waals surface area contributed by atoms with Crippen molar-refractivity contribution < 1.29 is 4.79 Å². The zero-order valence-electron chi connectivity index (χ0n) is 22.8. The molecule has 2 aromatic carbocycles. The van der Waals surface area contributed by atoms with Crippen molar-refractivity contribution in [2.45, 2.75) is 44.6 Å². The van der Waals surface area contributed by atoms with Crippen molar-refractivity contribution in [1.29, 1.82) is 0 Å². The van der Waals surface area contributed by atoms with Gasteiger partial charge < -0.3 is 15.1 Å². The second-order valence-corrected chi connectivity index (χ2v) is 11.8. The number of nitrogens with zero attached hydrogens (tertiary/aromatic N) is 4. The van der Waals surface area contributed by atoms with Gasteiger partial charge in [-0.3, -0.25) is 9.89 Å². The first-order chi connectivity index (χ1) is 19.6. The molecule has 0 unspecified atom stereocenters. The molecule has 4 aromatic rings. The van der Waals surface area contributed by atoms with Gasteiger partial charge in [0.05, 0.1) is 10.6 Å². The fourth-order valence-corrected chi connectivity index (χ4v) is 6.96. The summed E-state index contributed by atoms with van der Waals surface area (Å²) in [4.78, 5) is 22.3. The Balaban J connectivity index is 1.15. The number of carbonyl (C=O) groups is 1. The lowest BCUT2D eigenvalue weighted by Gasteiger charge is -2.27. The minimum Gasteiger partial charge on any atom is -0.336 e. The van der Waals surface area contributed by atoms with Crippen LogP contribution in [0.5, 0.6) is 0 Å². The van der Waals surface area contributed by atoms with E-state index in [9.17, 15) is 4.79 Å². The average molecular weight is 555 g/mol. The van der Waals surface area contributed by atoms with Gasteiger partial charge in [-0.15, -0.1) is 0 Å². The number of likely N-dealkylation sites (tertiary alicyclic amines) is 1. The van der Waals surface area contributed by atoms with Crippen LogP contribution < -0.4 is 5.32 Å². The second-order valence-electron chi connectivity index (χ2n) is 11.4. The van der Waals surface area contributed by atoms with Crippen molar-refractivity contribution in [2.24, 2.45) is 0 Å². The average Bonchev–Trinajstić information content (AvgIpc) is 3.63. The summed E-state index contributed by atoms with van der Waals surface area (Å²) in [5.41, 5.74) is 8.15. The van der Waals surface area contributed by atoms with Crippen LogP contribution >= 0.6 is 11.6 Å². The van der Waals surface area contributed by atoms with Crippen molar-refractivity contribution in [1.82, 2.24) is 30.3 Å². The largest absolute Gasteiger partial charge is 0.336 e. The Hall–Kier alpha value is -3.26. The lowest BCUT2D eigenvalue weighted by Crippen LogP contribution is -2.46. The maximum absolute atomic E-state index is 13.0. The number of pyridine rings is 1. The first-order valence-electron chi connectivity index (χ1n) is 14.6. The molecule has 1 amide bonds. The van der Waals surface area contributed by atoms with E-state index in [-0.39, 0.29) is 5.91 Å². The van der Waals surface area contributed by atoms with Crippen LogP contribution in [0.4, 0.5) is 0 Å². The Kier molecular flexibility index (Phi) is 7.04. The van der Waals surface area contributed by atoms with E-state index in [2.05, 4.69) is 44.7 Å². The summed E-state index contributed by atoms with van der Waals surface area (Å²) >= 11 is 6.65. The summed E-state index contributed by atoms with van der Waals surface area (Å²) in [5, 5.41) is 12.3. The molecule has 40 heavy (non-hydrogen) atoms. The van der Waals surface area contributed by atoms with E-state index in [0.717, 1.165) is 59.8 Å². The highest BCUT2D eigenvalue weighted by Gasteiger charge is 2.25. The number of carbonyl (C=O) groups excluding carboxylic acids is 1. The number of H-pyrrole nitrogens is 1. The van der Waals surface area contributed by atoms with Gasteiger partial charge in [-0.1, -0.05) is 35.9 Å². The number of aromatic amines is 1. The zero-order chi connectivity index (χ0) is 27.1. The summed E-state index contributed by atoms with van der Waals surface area (Å²) in [6.07, 6.45) is 9.43. The van der Waals surface area contributed by atoms with Gasteiger partial charge in [0.15, 0.2) is 5.65 Å². The predicted molar refractivity (Wildman–Crippen MR) is 160 cm³/mol. The monoisotopic (exact) mass is 554 g/mol. The van der Waals surface area contributed by atoms with Gasteiger partial charge in [0, 0.05) is 54.9 Å². The molecular formula is C32H35ClN6O. The van der Waals surface area contributed by atoms with Crippen molar-refractivity contribution in [3.05, 3.63) is 70.4 Å². The number of rotatable bonds is 4. The molecule has 2 N–H and O–H groups in total. The van der Waals surface area contributed by atoms with Gasteiger partial charge in [-0.2, -0.15) is 5.10 Å². The fraction of sp³-hybridized carbons (Fsp3) is 0.406. The summed E-state index contributed by atoms with van der Waals surface area (Å²) < 4.78 is 0. The number of hydrogen-bond acceptors (Lipinski definition) is 5. The van der Waals surface area contributed by atoms with Gasteiger partial charge in [0.2, 0.25) is 0 Å². The van der Waals surface area contributed by atoms with Crippen molar-refractivity contribution in [2.75, 3.05) is 39.3 Å². The van der Waals surface area contributed by atoms with Crippen LogP contribution in [0.25, 0.3) is 33.4 Å². The minimum atomic E-state index is -0.0242. The van der Waals surface area contributed by atoms with Crippen LogP contribution in [0.3, 0.4) is 0 Å². The Morgan fingerprint density at radius 3 is 2.45 bits per heavy atom. The van der Waals surface area contributed by atoms with E-state index < -0.39 is 0 Å². The Bertz CT molecular complexity index is 1550. The van der Waals surface area contributed by atoms with E-state index in [1.165, 1.54) is 55.5 Å². The molecule has 2 fully saturated rings. The van der Waals surface area contributed by atoms with Gasteiger partial charge in [-0.25, -0.2) is 4.98 Å². The second kappa shape index (κ2) is 11.0. The summed E-state index contributed by atoms with van der Waals surface area (Å²) in [6.45, 7) is 5.53. The Labute approximate surface area is 239 Å². The van der Waals surface area contributed by atoms with Crippen LogP contribution in [-0.2, 0) is 12.8 Å². The molecule has 2 aliphatic heterocycles. The van der Waals surface area contributed by atoms with E-state index >= 15 is 0 Å². The molecule has 7 rings (SSSR count). The van der Waals surface area contributed by atoms with Gasteiger partial charge >= 0.3 is 0 Å². The van der Waals surface area contributed by atoms with Crippen LogP contribution in [0.15, 0.2) is 48.7 Å². The molecule has 0 bridgehead atoms. The fourth-order valence-electron chi connectivity index (χ4n) is 6.70. The molecule has 8 heteroatoms. The molecule has 2 saturated heterocycles. The molecule has 0 spiro atoms. The third kappa shape index (κ3) is 4.91. The third-order valence-corrected chi connectivity index (χ3v) is 9.30. The summed E-state index contributed by atoms with van der Waals surface area (Å²) in [5.74, 6) is -0.0242. The maximum atomic E-state index is 13.0. The summed E-state index contributed by atoms with van der Waals surface area (Å²) in [6, 6.07) is 15.4. The van der Waals surface area contributed by atoms with E-state index in [0.29, 0.717) is 23.7 Å². The Morgan fingerprint density at radius 2 is 1.65 bits per heavy atom. The van der Waals surface area contributed by atoms with Gasteiger partial charge in [-0.05, 0) is 86.5 Å². The van der Waals surface area contributed by atoms with Gasteiger partial charge in [0.25, 0.3) is 5.91 Å². The van der Waals surface area contributed by atoms with Crippen LogP contribution in [0.2, 0.25) is 5.02 Å². The molecule has 2 aromatic heterocycles. The van der Waals surface area contributed by atoms with E-state index in [1.807, 2.05) is 29.3 Å². The molecule has 1 aliphatic carbocycles. The normalized spacial score (nSPS) is 20.0. The minimum absolute atomic E-state index is 0.0242. The molecule has 7 nitrogen and oxygen atoms in total. The first kappa shape index (κ1) is 25.7. The topological polar surface area (TPSA) is 77.2 Å². The molecule has 0 saturated carbocycles. The smallest absolute Gasteiger partial charge is 0.255 e. The number of benzene rings is 2. The van der Waals surface area contributed by atoms with Crippen molar-refractivity contribution >= 4 is 28.5 Å². The van der Waals surface area contributed by atoms with E-state index in [4.69, 9.17) is 16.6 Å². The van der Waals surface area contributed by atoms with Crippen molar-refractivity contribution in [3.8, 4) is 22.4 Å². The lowest BCUT2D eigenvalue weighted by atomic mass is 9.96. The number of piperazine rings is 1. The highest BCUT2D eigenvalue weighted by Crippen LogP contribution is 2.34. The molecule has 0 radical (unpaired) electrons. The maximum Gasteiger partial charge on any atom is 0.255 e. The van der Waals surface area contributed by atoms with Crippen LogP contribution in [0, 0.1) is 0 Å². The predicted octanol–water partition coefficient (Wildman–Crippen LogP) is 5.33. The molecule has 4 heterocycles. The molecular weight excluding hydrogens is 520 g/mol. The standard InChI is InChI=1S/C32H35ClN6O/c33-29-19-24(7-10-27(29)32(40)39-15-11-34-12-16-39)30-28-18-25(20-35-31(28)37-36-30)23-4-3-21-5-8-26(9-6-22(21)17-23)38-13-1-2-14-38/h3-4,7,10,17-20,26,34H,1-2,5-6,8-9,11-16H2,(H,35,36,37)/t26-/m0/s1. The van der Waals surface area contributed by atoms with Crippen LogP contribution in [-0.4, -0.2) is 76.2 Å². The highest BCUT2D eigenvalue weighted by atomic mass is 35.5. The summed E-state index contributed by atoms with van der Waals surface area (Å²) in [7, 11) is 0. The number of amides is 1. The zero-order valence-corrected chi connectivity index (χ0v) is 23.5. The SMILES string of the molecule is O=C(c1ccc(-c2n[nH]c3ncc(-c4ccc5c(c4)CC[C@@H](N4CCCC4)CC5)cc23)cc1Cl)N1CCNCC1. The number of fused-ring (bicyclic) bond motifs is 2. The van der Waals surface area contributed by atoms with Crippen molar-refractivity contribution in [3.63, 3.8) is 0 Å². The Morgan fingerprint density at radius 1 is 0.875 bits per heavy atom. The third-order valence-electron chi connectivity index (χ3n) is 8.98. The number of aromatic nitrogens is 3. The molecule has 1 atom stereocenters. The number of hydrogen-bond donors (Lipinski definition) is 2. The van der Waals surface area contributed by atoms with E-state index in [1.54, 1.807) is 0 Å². The number of halogens is 1. The quantitative estimate of drug-likeness (QED) is 0.333. The number of nitrogens with one attached hydrogen (secondary N) is 2. The molecule has 206 valence electrons. The lowest BCUT2D eigenvalue weighted by molar-refractivity contribution is 0.0736. The van der Waals surface area contributed by atoms with Gasteiger partial charge in [0.1, 0.15) is 5.69 Å².